The lowest BCUT2D eigenvalue weighted by molar-refractivity contribution is 0.214. The molecule has 0 bridgehead atoms. The average Bonchev–Trinajstić information content (AvgIpc) is 3.52. The number of aromatic amines is 1. The number of thiazole rings is 1. The number of pyridine rings is 1. The Kier molecular flexibility index (Phi) is 7.34. The molecule has 2 saturated heterocycles. The highest BCUT2D eigenvalue weighted by Gasteiger charge is 2.39. The van der Waals surface area contributed by atoms with Gasteiger partial charge in [0.1, 0.15) is 10.7 Å². The fraction of sp³-hybridized carbons (Fsp3) is 0.583. The predicted octanol–water partition coefficient (Wildman–Crippen LogP) is 5.38. The summed E-state index contributed by atoms with van der Waals surface area (Å²) in [5.74, 6) is 0. The molecule has 0 aliphatic carbocycles. The highest BCUT2D eigenvalue weighted by molar-refractivity contribution is 7.13. The summed E-state index contributed by atoms with van der Waals surface area (Å²) in [5, 5.41) is 8.10. The zero-order chi connectivity index (χ0) is 22.6. The number of aromatic nitrogens is 3. The molecule has 2 N–H and O–H groups in total. The van der Waals surface area contributed by atoms with Gasteiger partial charge in [-0.1, -0.05) is 26.1 Å². The zero-order valence-corrected chi connectivity index (χ0v) is 21.7. The van der Waals surface area contributed by atoms with E-state index in [0.29, 0.717) is 5.54 Å². The standard InChI is InChI=1S/C18H21N5S.C6H16OSi/c1-2-6-22-18(4-1)5-9-23(12-18)14-3-7-19-16-15(14)13(11-21-16)17-20-8-10-24-17;1-7-5-6-8(2,3)4/h3,7-8,10-11,22H,1-2,4-6,9,12H2,(H,19,21);5-6H2,1-4H3. The minimum atomic E-state index is -0.803. The first-order valence-electron chi connectivity index (χ1n) is 11.8. The predicted molar refractivity (Wildman–Crippen MR) is 139 cm³/mol. The van der Waals surface area contributed by atoms with E-state index < -0.39 is 8.07 Å². The van der Waals surface area contributed by atoms with Crippen molar-refractivity contribution in [2.75, 3.05) is 38.3 Å². The van der Waals surface area contributed by atoms with Crippen molar-refractivity contribution < 1.29 is 4.74 Å². The Balaban J connectivity index is 0.000000265. The third kappa shape index (κ3) is 5.42. The molecule has 0 radical (unpaired) electrons. The minimum absolute atomic E-state index is 0.311. The monoisotopic (exact) mass is 471 g/mol. The van der Waals surface area contributed by atoms with Crippen LogP contribution < -0.4 is 10.2 Å². The summed E-state index contributed by atoms with van der Waals surface area (Å²) in [5.41, 5.74) is 3.72. The van der Waals surface area contributed by atoms with E-state index in [1.807, 2.05) is 24.0 Å². The summed E-state index contributed by atoms with van der Waals surface area (Å²) in [7, 11) is 0.961. The van der Waals surface area contributed by atoms with Crippen LogP contribution >= 0.6 is 11.3 Å². The number of ether oxygens (including phenoxy) is 1. The SMILES string of the molecule is COCC[Si](C)(C)C.c1csc(-c2c[nH]c3nccc(N4CCC5(CCCCN5)C4)c23)n1. The Hall–Kier alpha value is -1.74. The summed E-state index contributed by atoms with van der Waals surface area (Å²) in [4.78, 5) is 14.9. The molecule has 2 aliphatic heterocycles. The molecular weight excluding hydrogens is 434 g/mol. The number of hydrogen-bond donors (Lipinski definition) is 2. The first-order valence-corrected chi connectivity index (χ1v) is 16.3. The van der Waals surface area contributed by atoms with Gasteiger partial charge in [-0.15, -0.1) is 11.3 Å². The van der Waals surface area contributed by atoms with E-state index in [-0.39, 0.29) is 0 Å². The van der Waals surface area contributed by atoms with Crippen LogP contribution in [0.1, 0.15) is 25.7 Å². The van der Waals surface area contributed by atoms with Crippen molar-refractivity contribution in [3.8, 4) is 10.6 Å². The van der Waals surface area contributed by atoms with Crippen molar-refractivity contribution in [1.82, 2.24) is 20.3 Å². The summed E-state index contributed by atoms with van der Waals surface area (Å²) >= 11 is 1.68. The molecule has 32 heavy (non-hydrogen) atoms. The highest BCUT2D eigenvalue weighted by atomic mass is 32.1. The van der Waals surface area contributed by atoms with Gasteiger partial charge in [-0.2, -0.15) is 0 Å². The number of nitrogens with zero attached hydrogens (tertiary/aromatic N) is 3. The van der Waals surface area contributed by atoms with Gasteiger partial charge in [0.2, 0.25) is 0 Å². The van der Waals surface area contributed by atoms with Gasteiger partial charge in [-0.25, -0.2) is 9.97 Å². The summed E-state index contributed by atoms with van der Waals surface area (Å²) < 4.78 is 4.95. The quantitative estimate of drug-likeness (QED) is 0.489. The van der Waals surface area contributed by atoms with Crippen molar-refractivity contribution in [2.45, 2.75) is 56.9 Å². The molecule has 2 aliphatic rings. The molecule has 1 unspecified atom stereocenters. The van der Waals surface area contributed by atoms with E-state index in [2.05, 4.69) is 50.9 Å². The molecular formula is C24H37N5OSSi. The molecule has 0 aromatic carbocycles. The molecule has 0 amide bonds. The molecule has 8 heteroatoms. The van der Waals surface area contributed by atoms with Crippen LogP contribution in [0, 0.1) is 0 Å². The molecule has 3 aromatic heterocycles. The maximum atomic E-state index is 4.95. The maximum Gasteiger partial charge on any atom is 0.140 e. The van der Waals surface area contributed by atoms with Gasteiger partial charge in [0, 0.05) is 70.0 Å². The van der Waals surface area contributed by atoms with Crippen LogP contribution in [0.3, 0.4) is 0 Å². The summed E-state index contributed by atoms with van der Waals surface area (Å²) in [6.45, 7) is 11.4. The van der Waals surface area contributed by atoms with Crippen molar-refractivity contribution in [3.05, 3.63) is 30.0 Å². The van der Waals surface area contributed by atoms with Crippen LogP contribution in [0.15, 0.2) is 30.0 Å². The van der Waals surface area contributed by atoms with Crippen LogP contribution in [0.25, 0.3) is 21.6 Å². The largest absolute Gasteiger partial charge is 0.385 e. The van der Waals surface area contributed by atoms with Crippen molar-refractivity contribution >= 4 is 36.1 Å². The van der Waals surface area contributed by atoms with E-state index in [1.54, 1.807) is 18.4 Å². The average molecular weight is 472 g/mol. The fourth-order valence-electron chi connectivity index (χ4n) is 4.69. The van der Waals surface area contributed by atoms with Crippen LogP contribution in [-0.4, -0.2) is 61.9 Å². The number of methoxy groups -OCH3 is 1. The number of nitrogens with one attached hydrogen (secondary N) is 2. The molecule has 3 aromatic rings. The number of hydrogen-bond acceptors (Lipinski definition) is 6. The first-order chi connectivity index (χ1) is 15.4. The maximum absolute atomic E-state index is 4.95. The third-order valence-corrected chi connectivity index (χ3v) is 9.06. The van der Waals surface area contributed by atoms with E-state index in [0.717, 1.165) is 36.9 Å². The molecule has 2 fully saturated rings. The second-order valence-corrected chi connectivity index (χ2v) is 16.7. The Labute approximate surface area is 196 Å². The second-order valence-electron chi connectivity index (χ2n) is 10.2. The van der Waals surface area contributed by atoms with Gasteiger partial charge in [0.05, 0.1) is 11.1 Å². The van der Waals surface area contributed by atoms with Crippen molar-refractivity contribution in [1.29, 1.82) is 0 Å². The number of H-pyrrole nitrogens is 1. The minimum Gasteiger partial charge on any atom is -0.385 e. The van der Waals surface area contributed by atoms with Crippen LogP contribution in [-0.2, 0) is 4.74 Å². The smallest absolute Gasteiger partial charge is 0.140 e. The molecule has 1 atom stereocenters. The van der Waals surface area contributed by atoms with Crippen molar-refractivity contribution in [2.24, 2.45) is 0 Å². The summed E-state index contributed by atoms with van der Waals surface area (Å²) in [6, 6.07) is 3.44. The second kappa shape index (κ2) is 10.0. The molecule has 0 saturated carbocycles. The molecule has 174 valence electrons. The highest BCUT2D eigenvalue weighted by Crippen LogP contribution is 2.39. The van der Waals surface area contributed by atoms with Crippen LogP contribution in [0.4, 0.5) is 5.69 Å². The normalized spacial score (nSPS) is 21.2. The van der Waals surface area contributed by atoms with E-state index in [4.69, 9.17) is 4.74 Å². The molecule has 6 nitrogen and oxygen atoms in total. The van der Waals surface area contributed by atoms with E-state index >= 15 is 0 Å². The summed E-state index contributed by atoms with van der Waals surface area (Å²) in [6.07, 6.45) is 11.0. The first kappa shape index (κ1) is 23.4. The lowest BCUT2D eigenvalue weighted by atomic mass is 9.88. The van der Waals surface area contributed by atoms with Gasteiger partial charge < -0.3 is 19.9 Å². The molecule has 5 rings (SSSR count). The zero-order valence-electron chi connectivity index (χ0n) is 19.9. The number of fused-ring (bicyclic) bond motifs is 1. The van der Waals surface area contributed by atoms with E-state index in [1.165, 1.54) is 48.4 Å². The Bertz CT molecular complexity index is 992. The van der Waals surface area contributed by atoms with Gasteiger partial charge in [0.25, 0.3) is 0 Å². The fourth-order valence-corrected chi connectivity index (χ4v) is 6.17. The molecule has 1 spiro atoms. The van der Waals surface area contributed by atoms with Crippen LogP contribution in [0.5, 0.6) is 0 Å². The van der Waals surface area contributed by atoms with Gasteiger partial charge in [0.15, 0.2) is 0 Å². The Morgan fingerprint density at radius 2 is 2.06 bits per heavy atom. The Morgan fingerprint density at radius 3 is 2.72 bits per heavy atom. The third-order valence-electron chi connectivity index (χ3n) is 6.55. The Morgan fingerprint density at radius 1 is 1.19 bits per heavy atom. The van der Waals surface area contributed by atoms with E-state index in [9.17, 15) is 0 Å². The van der Waals surface area contributed by atoms with Gasteiger partial charge in [-0.05, 0) is 37.9 Å². The van der Waals surface area contributed by atoms with Gasteiger partial charge in [-0.3, -0.25) is 0 Å². The topological polar surface area (TPSA) is 66.1 Å². The number of rotatable bonds is 5. The number of piperidine rings is 1. The van der Waals surface area contributed by atoms with Gasteiger partial charge >= 0.3 is 0 Å². The lowest BCUT2D eigenvalue weighted by Gasteiger charge is -2.35. The molecule has 5 heterocycles. The van der Waals surface area contributed by atoms with Crippen LogP contribution in [0.2, 0.25) is 25.7 Å². The lowest BCUT2D eigenvalue weighted by Crippen LogP contribution is -2.50. The number of anilines is 1. The van der Waals surface area contributed by atoms with Crippen molar-refractivity contribution in [3.63, 3.8) is 0 Å².